The highest BCUT2D eigenvalue weighted by Crippen LogP contribution is 2.38. The molecule has 1 N–H and O–H groups in total. The monoisotopic (exact) mass is 457 g/mol. The maximum Gasteiger partial charge on any atom is 0.272 e. The van der Waals surface area contributed by atoms with Crippen molar-refractivity contribution in [1.82, 2.24) is 9.55 Å². The minimum Gasteiger partial charge on any atom is -0.492 e. The number of hydrogen-bond acceptors (Lipinski definition) is 7. The highest BCUT2D eigenvalue weighted by Gasteiger charge is 2.23. The van der Waals surface area contributed by atoms with Crippen LogP contribution in [0.3, 0.4) is 0 Å². The first-order valence-electron chi connectivity index (χ1n) is 9.98. The Labute approximate surface area is 188 Å². The number of allylic oxidation sites excluding steroid dienone is 1. The van der Waals surface area contributed by atoms with Crippen LogP contribution in [0.5, 0.6) is 11.5 Å². The van der Waals surface area contributed by atoms with Crippen molar-refractivity contribution in [3.63, 3.8) is 0 Å². The molecular formula is C22H23N3O4S2. The molecule has 3 aromatic rings. The number of anilines is 1. The van der Waals surface area contributed by atoms with E-state index in [2.05, 4.69) is 16.9 Å². The van der Waals surface area contributed by atoms with Crippen molar-refractivity contribution >= 4 is 44.9 Å². The number of hydrogen-bond donors (Lipinski definition) is 1. The van der Waals surface area contributed by atoms with Crippen LogP contribution >= 0.6 is 23.1 Å². The molecule has 162 valence electrons. The first kappa shape index (κ1) is 21.5. The van der Waals surface area contributed by atoms with Crippen LogP contribution in [0, 0.1) is 0 Å². The molecule has 0 unspecified atom stereocenters. The van der Waals surface area contributed by atoms with Gasteiger partial charge in [0.05, 0.1) is 23.6 Å². The molecule has 1 amide bonds. The van der Waals surface area contributed by atoms with Crippen molar-refractivity contribution in [3.05, 3.63) is 52.2 Å². The molecule has 1 aromatic carbocycles. The van der Waals surface area contributed by atoms with Gasteiger partial charge in [0.1, 0.15) is 22.3 Å². The van der Waals surface area contributed by atoms with Crippen LogP contribution in [-0.4, -0.2) is 33.9 Å². The summed E-state index contributed by atoms with van der Waals surface area (Å²) < 4.78 is 13.7. The predicted octanol–water partition coefficient (Wildman–Crippen LogP) is 4.10. The minimum absolute atomic E-state index is 0.0964. The standard InChI is InChI=1S/C22H23N3O4S2/c1-4-7-25-21(27)20-15(6-8-30-20)24-22(25)31-12-19(26)23-16-11-17-14(9-13(3)29-17)10-18(16)28-5-2/h4,6,8,10-11,13H,1,5,7,9,12H2,2-3H3,(H,23,26)/t13-/m1/s1. The molecule has 0 fully saturated rings. The number of rotatable bonds is 8. The van der Waals surface area contributed by atoms with Crippen molar-refractivity contribution < 1.29 is 14.3 Å². The Morgan fingerprint density at radius 3 is 3.13 bits per heavy atom. The van der Waals surface area contributed by atoms with Crippen molar-refractivity contribution in [2.75, 3.05) is 17.7 Å². The van der Waals surface area contributed by atoms with E-state index in [4.69, 9.17) is 9.47 Å². The topological polar surface area (TPSA) is 82.5 Å². The molecule has 9 heteroatoms. The number of fused-ring (bicyclic) bond motifs is 2. The maximum absolute atomic E-state index is 12.7. The molecule has 0 saturated heterocycles. The molecule has 0 spiro atoms. The second-order valence-electron chi connectivity index (χ2n) is 7.09. The van der Waals surface area contributed by atoms with Crippen molar-refractivity contribution in [3.8, 4) is 11.5 Å². The lowest BCUT2D eigenvalue weighted by atomic mass is 10.1. The number of nitrogens with one attached hydrogen (secondary N) is 1. The smallest absolute Gasteiger partial charge is 0.272 e. The van der Waals surface area contributed by atoms with E-state index >= 15 is 0 Å². The first-order chi connectivity index (χ1) is 15.0. The third-order valence-electron chi connectivity index (χ3n) is 4.75. The average molecular weight is 458 g/mol. The zero-order chi connectivity index (χ0) is 22.0. The third-order valence-corrected chi connectivity index (χ3v) is 6.62. The molecule has 0 radical (unpaired) electrons. The fourth-order valence-electron chi connectivity index (χ4n) is 3.45. The normalized spacial score (nSPS) is 14.8. The number of nitrogens with zero attached hydrogens (tertiary/aromatic N) is 2. The van der Waals surface area contributed by atoms with Gasteiger partial charge in [0, 0.05) is 24.6 Å². The van der Waals surface area contributed by atoms with Gasteiger partial charge in [0.15, 0.2) is 5.16 Å². The lowest BCUT2D eigenvalue weighted by molar-refractivity contribution is -0.113. The number of amides is 1. The lowest BCUT2D eigenvalue weighted by Gasteiger charge is -2.14. The summed E-state index contributed by atoms with van der Waals surface area (Å²) in [5.74, 6) is 1.27. The number of thioether (sulfide) groups is 1. The molecule has 1 aliphatic rings. The van der Waals surface area contributed by atoms with Crippen molar-refractivity contribution in [2.24, 2.45) is 0 Å². The van der Waals surface area contributed by atoms with Gasteiger partial charge < -0.3 is 14.8 Å². The number of ether oxygens (including phenoxy) is 2. The van der Waals surface area contributed by atoms with E-state index in [1.807, 2.05) is 37.4 Å². The Balaban J connectivity index is 1.53. The number of benzene rings is 1. The van der Waals surface area contributed by atoms with Gasteiger partial charge in [-0.15, -0.1) is 17.9 Å². The van der Waals surface area contributed by atoms with Crippen LogP contribution in [0.2, 0.25) is 0 Å². The number of thiophene rings is 1. The number of carbonyl (C=O) groups is 1. The van der Waals surface area contributed by atoms with E-state index in [0.717, 1.165) is 17.7 Å². The lowest BCUT2D eigenvalue weighted by Crippen LogP contribution is -2.23. The minimum atomic E-state index is -0.221. The SMILES string of the molecule is C=CCn1c(SCC(=O)Nc2cc3c(cc2OCC)C[C@@H](C)O3)nc2ccsc2c1=O. The molecule has 4 rings (SSSR count). The van der Waals surface area contributed by atoms with Gasteiger partial charge in [-0.05, 0) is 31.4 Å². The summed E-state index contributed by atoms with van der Waals surface area (Å²) in [6.07, 6.45) is 2.56. The molecule has 7 nitrogen and oxygen atoms in total. The third kappa shape index (κ3) is 4.47. The molecule has 1 aliphatic heterocycles. The van der Waals surface area contributed by atoms with Crippen molar-refractivity contribution in [2.45, 2.75) is 38.1 Å². The van der Waals surface area contributed by atoms with Gasteiger partial charge in [0.2, 0.25) is 5.91 Å². The van der Waals surface area contributed by atoms with E-state index < -0.39 is 0 Å². The summed E-state index contributed by atoms with van der Waals surface area (Å²) in [7, 11) is 0. The van der Waals surface area contributed by atoms with Crippen LogP contribution < -0.4 is 20.3 Å². The average Bonchev–Trinajstić information content (AvgIpc) is 3.34. The second-order valence-corrected chi connectivity index (χ2v) is 8.95. The van der Waals surface area contributed by atoms with Gasteiger partial charge in [-0.25, -0.2) is 4.98 Å². The van der Waals surface area contributed by atoms with Gasteiger partial charge in [-0.1, -0.05) is 17.8 Å². The molecular weight excluding hydrogens is 434 g/mol. The first-order valence-corrected chi connectivity index (χ1v) is 11.8. The predicted molar refractivity (Wildman–Crippen MR) is 125 cm³/mol. The van der Waals surface area contributed by atoms with Crippen LogP contribution in [0.1, 0.15) is 19.4 Å². The van der Waals surface area contributed by atoms with Crippen LogP contribution in [0.15, 0.2) is 46.2 Å². The summed E-state index contributed by atoms with van der Waals surface area (Å²) in [6, 6.07) is 5.55. The summed E-state index contributed by atoms with van der Waals surface area (Å²) in [6.45, 7) is 8.45. The van der Waals surface area contributed by atoms with E-state index in [0.29, 0.717) is 40.0 Å². The van der Waals surface area contributed by atoms with Crippen molar-refractivity contribution in [1.29, 1.82) is 0 Å². The van der Waals surface area contributed by atoms with E-state index in [-0.39, 0.29) is 23.3 Å². The zero-order valence-electron chi connectivity index (χ0n) is 17.3. The van der Waals surface area contributed by atoms with Gasteiger partial charge in [-0.2, -0.15) is 0 Å². The second kappa shape index (κ2) is 9.15. The summed E-state index contributed by atoms with van der Waals surface area (Å²) in [4.78, 5) is 30.0. The number of aromatic nitrogens is 2. The summed E-state index contributed by atoms with van der Waals surface area (Å²) in [5, 5.41) is 5.24. The highest BCUT2D eigenvalue weighted by atomic mass is 32.2. The Morgan fingerprint density at radius 2 is 2.35 bits per heavy atom. The van der Waals surface area contributed by atoms with E-state index in [1.54, 1.807) is 10.6 Å². The Kier molecular flexibility index (Phi) is 6.33. The molecule has 31 heavy (non-hydrogen) atoms. The quantitative estimate of drug-likeness (QED) is 0.312. The van der Waals surface area contributed by atoms with Gasteiger partial charge in [-0.3, -0.25) is 14.2 Å². The van der Waals surface area contributed by atoms with Crippen LogP contribution in [0.25, 0.3) is 10.2 Å². The molecule has 3 heterocycles. The maximum atomic E-state index is 12.7. The molecule has 0 bridgehead atoms. The molecule has 0 saturated carbocycles. The van der Waals surface area contributed by atoms with Crippen LogP contribution in [-0.2, 0) is 17.8 Å². The zero-order valence-corrected chi connectivity index (χ0v) is 19.0. The van der Waals surface area contributed by atoms with Crippen LogP contribution in [0.4, 0.5) is 5.69 Å². The summed E-state index contributed by atoms with van der Waals surface area (Å²) >= 11 is 2.58. The number of carbonyl (C=O) groups excluding carboxylic acids is 1. The van der Waals surface area contributed by atoms with Gasteiger partial charge in [0.25, 0.3) is 5.56 Å². The Bertz CT molecular complexity index is 1200. The Hall–Kier alpha value is -2.78. The largest absolute Gasteiger partial charge is 0.492 e. The van der Waals surface area contributed by atoms with E-state index in [9.17, 15) is 9.59 Å². The molecule has 1 atom stereocenters. The summed E-state index contributed by atoms with van der Waals surface area (Å²) in [5.41, 5.74) is 2.17. The van der Waals surface area contributed by atoms with E-state index in [1.165, 1.54) is 23.1 Å². The fraction of sp³-hybridized carbons (Fsp3) is 0.318. The Morgan fingerprint density at radius 1 is 1.52 bits per heavy atom. The molecule has 0 aliphatic carbocycles. The molecule has 2 aromatic heterocycles. The highest BCUT2D eigenvalue weighted by molar-refractivity contribution is 7.99. The van der Waals surface area contributed by atoms with Gasteiger partial charge >= 0.3 is 0 Å². The fourth-order valence-corrected chi connectivity index (χ4v) is 5.04.